The quantitative estimate of drug-likeness (QED) is 0.769. The van der Waals surface area contributed by atoms with Gasteiger partial charge < -0.3 is 15.3 Å². The van der Waals surface area contributed by atoms with Gasteiger partial charge in [-0.15, -0.1) is 11.3 Å². The number of amides is 4. The predicted octanol–water partition coefficient (Wildman–Crippen LogP) is 0.570. The number of aliphatic hydroxyl groups excluding tert-OH is 1. The number of urea groups is 1. The molecule has 1 atom stereocenters. The summed E-state index contributed by atoms with van der Waals surface area (Å²) in [6.07, 6.45) is 0.982. The average molecular weight is 337 g/mol. The lowest BCUT2D eigenvalue weighted by atomic mass is 9.77. The molecule has 2 N–H and O–H groups in total. The molecule has 2 aliphatic rings. The average Bonchev–Trinajstić information content (AvgIpc) is 3.07. The molecule has 0 radical (unpaired) electrons. The first-order valence-corrected chi connectivity index (χ1v) is 8.40. The third-order valence-corrected chi connectivity index (χ3v) is 5.28. The van der Waals surface area contributed by atoms with Crippen LogP contribution in [0.4, 0.5) is 4.79 Å². The van der Waals surface area contributed by atoms with E-state index in [0.717, 1.165) is 9.78 Å². The maximum Gasteiger partial charge on any atom is 0.327 e. The number of carbonyl (C=O) groups is 3. The number of thiophene rings is 1. The fraction of sp³-hybridized carbons (Fsp3) is 0.533. The van der Waals surface area contributed by atoms with Crippen LogP contribution in [0.2, 0.25) is 0 Å². The van der Waals surface area contributed by atoms with Gasteiger partial charge in [0.25, 0.3) is 5.91 Å². The van der Waals surface area contributed by atoms with Crippen molar-refractivity contribution in [1.82, 2.24) is 15.1 Å². The molecule has 1 aromatic rings. The van der Waals surface area contributed by atoms with Gasteiger partial charge in [-0.2, -0.15) is 0 Å². The summed E-state index contributed by atoms with van der Waals surface area (Å²) in [6.45, 7) is -0.256. The maximum absolute atomic E-state index is 12.3. The molecule has 7 nitrogen and oxygen atoms in total. The van der Waals surface area contributed by atoms with Gasteiger partial charge in [0.1, 0.15) is 13.1 Å². The van der Waals surface area contributed by atoms with Gasteiger partial charge in [-0.3, -0.25) is 14.5 Å². The van der Waals surface area contributed by atoms with E-state index in [2.05, 4.69) is 5.32 Å². The molecule has 1 aliphatic carbocycles. The van der Waals surface area contributed by atoms with Crippen LogP contribution in [0.5, 0.6) is 0 Å². The normalized spacial score (nSPS) is 25.5. The van der Waals surface area contributed by atoms with Crippen LogP contribution in [0, 0.1) is 5.92 Å². The third kappa shape index (κ3) is 3.23. The largest absolute Gasteiger partial charge is 0.393 e. The number of carbonyl (C=O) groups excluding carboxylic acids is 3. The second-order valence-corrected chi connectivity index (χ2v) is 7.04. The van der Waals surface area contributed by atoms with Gasteiger partial charge in [-0.25, -0.2) is 4.79 Å². The number of likely N-dealkylation sites (N-methyl/N-ethyl adjacent to an activating group) is 1. The Morgan fingerprint density at radius 3 is 2.74 bits per heavy atom. The third-order valence-electron chi connectivity index (χ3n) is 4.32. The van der Waals surface area contributed by atoms with Crippen molar-refractivity contribution in [3.63, 3.8) is 0 Å². The highest BCUT2D eigenvalue weighted by molar-refractivity contribution is 7.10. The minimum Gasteiger partial charge on any atom is -0.393 e. The molecule has 0 aromatic carbocycles. The monoisotopic (exact) mass is 337 g/mol. The molecule has 124 valence electrons. The van der Waals surface area contributed by atoms with E-state index in [0.29, 0.717) is 12.8 Å². The molecule has 8 heteroatoms. The van der Waals surface area contributed by atoms with E-state index in [9.17, 15) is 19.5 Å². The fourth-order valence-corrected chi connectivity index (χ4v) is 3.85. The number of hydrogen-bond donors (Lipinski definition) is 2. The van der Waals surface area contributed by atoms with E-state index >= 15 is 0 Å². The van der Waals surface area contributed by atoms with Crippen LogP contribution in [0.3, 0.4) is 0 Å². The Bertz CT molecular complexity index is 612. The molecule has 23 heavy (non-hydrogen) atoms. The van der Waals surface area contributed by atoms with Gasteiger partial charge in [0, 0.05) is 11.9 Å². The van der Waals surface area contributed by atoms with Crippen molar-refractivity contribution < 1.29 is 19.5 Å². The van der Waals surface area contributed by atoms with Gasteiger partial charge in [-0.05, 0) is 30.2 Å². The summed E-state index contributed by atoms with van der Waals surface area (Å²) in [5.41, 5.74) is 0. The van der Waals surface area contributed by atoms with E-state index in [4.69, 9.17) is 0 Å². The first kappa shape index (κ1) is 15.9. The van der Waals surface area contributed by atoms with Crippen molar-refractivity contribution in [1.29, 1.82) is 0 Å². The second-order valence-electron chi connectivity index (χ2n) is 6.06. The van der Waals surface area contributed by atoms with Gasteiger partial charge in [-0.1, -0.05) is 6.07 Å². The molecule has 0 bridgehead atoms. The van der Waals surface area contributed by atoms with E-state index in [1.165, 1.54) is 11.9 Å². The summed E-state index contributed by atoms with van der Waals surface area (Å²) >= 11 is 1.54. The molecule has 0 spiro atoms. The Morgan fingerprint density at radius 2 is 2.22 bits per heavy atom. The molecule has 1 saturated heterocycles. The maximum atomic E-state index is 12.3. The Hall–Kier alpha value is -1.93. The highest BCUT2D eigenvalue weighted by Crippen LogP contribution is 2.39. The Balaban J connectivity index is 1.65. The SMILES string of the molecule is CN1CC(=O)N(CC(=O)NC(c2cccs2)C2CC(O)C2)C1=O. The van der Waals surface area contributed by atoms with Crippen molar-refractivity contribution in [3.8, 4) is 0 Å². The topological polar surface area (TPSA) is 90.0 Å². The van der Waals surface area contributed by atoms with E-state index in [-0.39, 0.29) is 43.0 Å². The summed E-state index contributed by atoms with van der Waals surface area (Å²) in [7, 11) is 1.53. The molecule has 4 amide bonds. The van der Waals surface area contributed by atoms with Crippen LogP contribution >= 0.6 is 11.3 Å². The Kier molecular flexibility index (Phi) is 4.36. The number of hydrogen-bond acceptors (Lipinski definition) is 5. The van der Waals surface area contributed by atoms with Crippen molar-refractivity contribution in [2.75, 3.05) is 20.1 Å². The number of nitrogens with zero attached hydrogens (tertiary/aromatic N) is 2. The molecular formula is C15H19N3O4S. The molecule has 1 aliphatic heterocycles. The van der Waals surface area contributed by atoms with E-state index in [1.807, 2.05) is 17.5 Å². The minimum absolute atomic E-state index is 0.00921. The number of aliphatic hydroxyl groups is 1. The number of nitrogens with one attached hydrogen (secondary N) is 1. The number of rotatable bonds is 5. The highest BCUT2D eigenvalue weighted by atomic mass is 32.1. The standard InChI is InChI=1S/C15H19N3O4S/c1-17-8-13(21)18(15(17)22)7-12(20)16-14(9-5-10(19)6-9)11-3-2-4-23-11/h2-4,9-10,14,19H,5-8H2,1H3,(H,16,20). The second kappa shape index (κ2) is 6.29. The molecule has 1 unspecified atom stereocenters. The van der Waals surface area contributed by atoms with Crippen molar-refractivity contribution in [2.24, 2.45) is 5.92 Å². The first-order valence-electron chi connectivity index (χ1n) is 7.52. The summed E-state index contributed by atoms with van der Waals surface area (Å²) in [5.74, 6) is -0.540. The van der Waals surface area contributed by atoms with Gasteiger partial charge >= 0.3 is 6.03 Å². The van der Waals surface area contributed by atoms with Crippen LogP contribution in [0.1, 0.15) is 23.8 Å². The molecule has 1 aromatic heterocycles. The van der Waals surface area contributed by atoms with Crippen molar-refractivity contribution in [2.45, 2.75) is 25.0 Å². The highest BCUT2D eigenvalue weighted by Gasteiger charge is 2.38. The summed E-state index contributed by atoms with van der Waals surface area (Å²) in [5, 5.41) is 14.4. The van der Waals surface area contributed by atoms with Crippen LogP contribution in [0.25, 0.3) is 0 Å². The smallest absolute Gasteiger partial charge is 0.327 e. The zero-order valence-corrected chi connectivity index (χ0v) is 13.6. The van der Waals surface area contributed by atoms with Gasteiger partial charge in [0.05, 0.1) is 12.1 Å². The van der Waals surface area contributed by atoms with Gasteiger partial charge in [0.2, 0.25) is 5.91 Å². The fourth-order valence-electron chi connectivity index (χ4n) is 2.98. The molecule has 1 saturated carbocycles. The van der Waals surface area contributed by atoms with E-state index in [1.54, 1.807) is 11.3 Å². The molecular weight excluding hydrogens is 318 g/mol. The predicted molar refractivity (Wildman–Crippen MR) is 83.7 cm³/mol. The number of imide groups is 1. The van der Waals surface area contributed by atoms with Crippen LogP contribution in [-0.4, -0.2) is 59.0 Å². The Labute approximate surface area is 137 Å². The summed E-state index contributed by atoms with van der Waals surface area (Å²) < 4.78 is 0. The first-order chi connectivity index (χ1) is 11.0. The lowest BCUT2D eigenvalue weighted by molar-refractivity contribution is -0.131. The molecule has 2 fully saturated rings. The van der Waals surface area contributed by atoms with Crippen molar-refractivity contribution >= 4 is 29.2 Å². The molecule has 3 rings (SSSR count). The summed E-state index contributed by atoms with van der Waals surface area (Å²) in [4.78, 5) is 39.1. The zero-order chi connectivity index (χ0) is 16.6. The van der Waals surface area contributed by atoms with E-state index < -0.39 is 6.03 Å². The minimum atomic E-state index is -0.447. The molecule has 2 heterocycles. The van der Waals surface area contributed by atoms with Gasteiger partial charge in [0.15, 0.2) is 0 Å². The van der Waals surface area contributed by atoms with Crippen LogP contribution in [-0.2, 0) is 9.59 Å². The Morgan fingerprint density at radius 1 is 1.48 bits per heavy atom. The lowest BCUT2D eigenvalue weighted by Gasteiger charge is -2.37. The summed E-state index contributed by atoms with van der Waals surface area (Å²) in [6, 6.07) is 3.23. The lowest BCUT2D eigenvalue weighted by Crippen LogP contribution is -2.46. The zero-order valence-electron chi connectivity index (χ0n) is 12.8. The van der Waals surface area contributed by atoms with Crippen LogP contribution in [0.15, 0.2) is 17.5 Å². The van der Waals surface area contributed by atoms with Crippen LogP contribution < -0.4 is 5.32 Å². The van der Waals surface area contributed by atoms with Crippen molar-refractivity contribution in [3.05, 3.63) is 22.4 Å².